The van der Waals surface area contributed by atoms with E-state index >= 15 is 0 Å². The maximum Gasteiger partial charge on any atom is 0.117 e. The third-order valence-electron chi connectivity index (χ3n) is 3.57. The smallest absolute Gasteiger partial charge is 0.117 e. The van der Waals surface area contributed by atoms with Crippen LogP contribution in [0, 0.1) is 0 Å². The Balaban J connectivity index is 1.96. The maximum absolute atomic E-state index is 6.41. The SMILES string of the molecule is CC(C)N1CCC(N)(C2=NCCN2)CC1. The summed E-state index contributed by atoms with van der Waals surface area (Å²) in [4.78, 5) is 6.95. The molecule has 0 radical (unpaired) electrons. The minimum absolute atomic E-state index is 0.179. The zero-order chi connectivity index (χ0) is 10.9. The van der Waals surface area contributed by atoms with Crippen molar-refractivity contribution in [2.24, 2.45) is 10.7 Å². The van der Waals surface area contributed by atoms with Gasteiger partial charge in [-0.25, -0.2) is 0 Å². The van der Waals surface area contributed by atoms with Crippen molar-refractivity contribution in [3.8, 4) is 0 Å². The fraction of sp³-hybridized carbons (Fsp3) is 0.909. The van der Waals surface area contributed by atoms with Crippen LogP contribution >= 0.6 is 0 Å². The number of likely N-dealkylation sites (tertiary alicyclic amines) is 1. The van der Waals surface area contributed by atoms with E-state index in [1.807, 2.05) is 0 Å². The lowest BCUT2D eigenvalue weighted by molar-refractivity contribution is 0.156. The molecule has 15 heavy (non-hydrogen) atoms. The summed E-state index contributed by atoms with van der Waals surface area (Å²) >= 11 is 0. The van der Waals surface area contributed by atoms with Crippen LogP contribution in [0.1, 0.15) is 26.7 Å². The van der Waals surface area contributed by atoms with Gasteiger partial charge >= 0.3 is 0 Å². The van der Waals surface area contributed by atoms with Crippen molar-refractivity contribution < 1.29 is 0 Å². The van der Waals surface area contributed by atoms with E-state index in [0.29, 0.717) is 6.04 Å². The molecule has 2 rings (SSSR count). The van der Waals surface area contributed by atoms with Crippen LogP contribution in [-0.4, -0.2) is 48.5 Å². The van der Waals surface area contributed by atoms with Gasteiger partial charge < -0.3 is 16.0 Å². The number of aliphatic imine (C=N–C) groups is 1. The number of nitrogens with one attached hydrogen (secondary N) is 1. The molecule has 0 atom stereocenters. The molecule has 0 aromatic heterocycles. The first-order chi connectivity index (χ1) is 7.12. The Morgan fingerprint density at radius 3 is 2.53 bits per heavy atom. The van der Waals surface area contributed by atoms with Crippen molar-refractivity contribution in [2.75, 3.05) is 26.2 Å². The zero-order valence-electron chi connectivity index (χ0n) is 9.79. The molecule has 0 saturated carbocycles. The maximum atomic E-state index is 6.41. The molecule has 4 nitrogen and oxygen atoms in total. The van der Waals surface area contributed by atoms with Gasteiger partial charge in [-0.3, -0.25) is 4.99 Å². The number of piperidine rings is 1. The number of hydrogen-bond acceptors (Lipinski definition) is 4. The average molecular weight is 210 g/mol. The van der Waals surface area contributed by atoms with Gasteiger partial charge in [-0.1, -0.05) is 0 Å². The lowest BCUT2D eigenvalue weighted by Crippen LogP contribution is -2.59. The van der Waals surface area contributed by atoms with E-state index in [4.69, 9.17) is 5.73 Å². The number of rotatable bonds is 2. The fourth-order valence-electron chi connectivity index (χ4n) is 2.41. The lowest BCUT2D eigenvalue weighted by Gasteiger charge is -2.40. The second-order valence-corrected chi connectivity index (χ2v) is 4.94. The third kappa shape index (κ3) is 2.16. The summed E-state index contributed by atoms with van der Waals surface area (Å²) in [5, 5.41) is 3.32. The van der Waals surface area contributed by atoms with Crippen molar-refractivity contribution in [3.63, 3.8) is 0 Å². The summed E-state index contributed by atoms with van der Waals surface area (Å²) in [6.07, 6.45) is 2.05. The Kier molecular flexibility index (Phi) is 2.98. The Labute approximate surface area is 91.9 Å². The van der Waals surface area contributed by atoms with Crippen LogP contribution in [0.25, 0.3) is 0 Å². The zero-order valence-corrected chi connectivity index (χ0v) is 9.79. The Hall–Kier alpha value is -0.610. The molecule has 0 amide bonds. The summed E-state index contributed by atoms with van der Waals surface area (Å²) in [5.41, 5.74) is 6.23. The monoisotopic (exact) mass is 210 g/mol. The van der Waals surface area contributed by atoms with Crippen molar-refractivity contribution in [1.82, 2.24) is 10.2 Å². The van der Waals surface area contributed by atoms with Gasteiger partial charge in [-0.2, -0.15) is 0 Å². The van der Waals surface area contributed by atoms with Gasteiger partial charge in [0.1, 0.15) is 5.84 Å². The topological polar surface area (TPSA) is 53.6 Å². The molecule has 0 aliphatic carbocycles. The first-order valence-corrected chi connectivity index (χ1v) is 5.93. The molecular formula is C11H22N4. The number of nitrogens with zero attached hydrogens (tertiary/aromatic N) is 2. The molecule has 86 valence electrons. The van der Waals surface area contributed by atoms with Crippen molar-refractivity contribution in [2.45, 2.75) is 38.3 Å². The molecule has 0 aromatic rings. The number of nitrogens with two attached hydrogens (primary N) is 1. The summed E-state index contributed by atoms with van der Waals surface area (Å²) in [5.74, 6) is 1.05. The van der Waals surface area contributed by atoms with Crippen molar-refractivity contribution in [1.29, 1.82) is 0 Å². The van der Waals surface area contributed by atoms with Crippen LogP contribution < -0.4 is 11.1 Å². The molecule has 3 N–H and O–H groups in total. The van der Waals surface area contributed by atoms with E-state index in [9.17, 15) is 0 Å². The van der Waals surface area contributed by atoms with Crippen molar-refractivity contribution in [3.05, 3.63) is 0 Å². The number of hydrogen-bond donors (Lipinski definition) is 2. The van der Waals surface area contributed by atoms with E-state index in [1.54, 1.807) is 0 Å². The standard InChI is InChI=1S/C11H22N4/c1-9(2)15-7-3-11(12,4-8-15)10-13-5-6-14-10/h9H,3-8,12H2,1-2H3,(H,13,14). The minimum atomic E-state index is -0.179. The molecule has 2 aliphatic rings. The van der Waals surface area contributed by atoms with Gasteiger partial charge in [0, 0.05) is 25.7 Å². The first kappa shape index (κ1) is 10.9. The fourth-order valence-corrected chi connectivity index (χ4v) is 2.41. The second-order valence-electron chi connectivity index (χ2n) is 4.94. The largest absolute Gasteiger partial charge is 0.370 e. The average Bonchev–Trinajstić information content (AvgIpc) is 2.71. The highest BCUT2D eigenvalue weighted by Crippen LogP contribution is 2.22. The third-order valence-corrected chi connectivity index (χ3v) is 3.57. The summed E-state index contributed by atoms with van der Waals surface area (Å²) in [7, 11) is 0. The molecular weight excluding hydrogens is 188 g/mol. The Morgan fingerprint density at radius 2 is 2.07 bits per heavy atom. The molecule has 0 aromatic carbocycles. The molecule has 0 spiro atoms. The van der Waals surface area contributed by atoms with Gasteiger partial charge in [0.2, 0.25) is 0 Å². The van der Waals surface area contributed by atoms with Gasteiger partial charge in [0.15, 0.2) is 0 Å². The van der Waals surface area contributed by atoms with E-state index in [-0.39, 0.29) is 5.54 Å². The van der Waals surface area contributed by atoms with Crippen LogP contribution in [0.4, 0.5) is 0 Å². The van der Waals surface area contributed by atoms with Gasteiger partial charge in [-0.15, -0.1) is 0 Å². The molecule has 0 unspecified atom stereocenters. The normalized spacial score (nSPS) is 26.5. The van der Waals surface area contributed by atoms with Gasteiger partial charge in [0.25, 0.3) is 0 Å². The summed E-state index contributed by atoms with van der Waals surface area (Å²) in [6, 6.07) is 0.632. The van der Waals surface area contributed by atoms with E-state index < -0.39 is 0 Å². The van der Waals surface area contributed by atoms with E-state index in [1.165, 1.54) is 0 Å². The molecule has 0 bridgehead atoms. The predicted molar refractivity (Wildman–Crippen MR) is 63.2 cm³/mol. The van der Waals surface area contributed by atoms with Crippen LogP contribution in [0.3, 0.4) is 0 Å². The highest BCUT2D eigenvalue weighted by molar-refractivity contribution is 5.92. The first-order valence-electron chi connectivity index (χ1n) is 5.93. The minimum Gasteiger partial charge on any atom is -0.370 e. The van der Waals surface area contributed by atoms with Crippen LogP contribution in [0.15, 0.2) is 4.99 Å². The Morgan fingerprint density at radius 1 is 1.40 bits per heavy atom. The second kappa shape index (κ2) is 4.10. The van der Waals surface area contributed by atoms with Gasteiger partial charge in [0.05, 0.1) is 12.1 Å². The van der Waals surface area contributed by atoms with Crippen molar-refractivity contribution >= 4 is 5.84 Å². The highest BCUT2D eigenvalue weighted by Gasteiger charge is 2.36. The van der Waals surface area contributed by atoms with E-state index in [0.717, 1.165) is 44.9 Å². The molecule has 1 saturated heterocycles. The molecule has 4 heteroatoms. The van der Waals surface area contributed by atoms with Crippen LogP contribution in [-0.2, 0) is 0 Å². The van der Waals surface area contributed by atoms with Crippen LogP contribution in [0.5, 0.6) is 0 Å². The molecule has 1 fully saturated rings. The van der Waals surface area contributed by atoms with Gasteiger partial charge in [-0.05, 0) is 26.7 Å². The molecule has 2 aliphatic heterocycles. The summed E-state index contributed by atoms with van der Waals surface area (Å²) in [6.45, 7) is 8.53. The highest BCUT2D eigenvalue weighted by atomic mass is 15.2. The molecule has 2 heterocycles. The number of amidine groups is 1. The summed E-state index contributed by atoms with van der Waals surface area (Å²) < 4.78 is 0. The van der Waals surface area contributed by atoms with Crippen LogP contribution in [0.2, 0.25) is 0 Å². The Bertz CT molecular complexity index is 251. The van der Waals surface area contributed by atoms with E-state index in [2.05, 4.69) is 29.1 Å². The quantitative estimate of drug-likeness (QED) is 0.684. The predicted octanol–water partition coefficient (Wildman–Crippen LogP) is 0.190. The lowest BCUT2D eigenvalue weighted by atomic mass is 9.87.